The topological polar surface area (TPSA) is 12.5 Å². The zero-order valence-corrected chi connectivity index (χ0v) is 7.84. The largest absolute Gasteiger partial charge is 0.368 e. The van der Waals surface area contributed by atoms with Crippen LogP contribution in [0.5, 0.6) is 0 Å². The second kappa shape index (κ2) is 2.71. The molecule has 2 rings (SSSR count). The van der Waals surface area contributed by atoms with E-state index in [0.29, 0.717) is 3.57 Å². The summed E-state index contributed by atoms with van der Waals surface area (Å²) in [5.41, 5.74) is 1.08. The van der Waals surface area contributed by atoms with Gasteiger partial charge < -0.3 is 4.74 Å². The Kier molecular flexibility index (Phi) is 1.85. The Bertz CT molecular complexity index is 283. The van der Waals surface area contributed by atoms with E-state index in [0.717, 1.165) is 12.2 Å². The molecule has 58 valence electrons. The molecule has 1 aliphatic rings. The molecule has 1 atom stereocenters. The van der Waals surface area contributed by atoms with Crippen LogP contribution in [0.3, 0.4) is 0 Å². The molecular formula is C8H6FIO. The fourth-order valence-electron chi connectivity index (χ4n) is 0.953. The van der Waals surface area contributed by atoms with Gasteiger partial charge in [0.2, 0.25) is 0 Å². The van der Waals surface area contributed by atoms with E-state index in [1.165, 1.54) is 6.07 Å². The number of rotatable bonds is 1. The molecule has 0 radical (unpaired) electrons. The lowest BCUT2D eigenvalue weighted by Gasteiger charge is -1.97. The minimum Gasteiger partial charge on any atom is -0.368 e. The quantitative estimate of drug-likeness (QED) is 0.560. The molecule has 1 aromatic rings. The molecule has 11 heavy (non-hydrogen) atoms. The molecule has 0 aromatic heterocycles. The molecule has 3 heteroatoms. The van der Waals surface area contributed by atoms with Crippen LogP contribution in [0.15, 0.2) is 18.2 Å². The van der Waals surface area contributed by atoms with Crippen molar-refractivity contribution in [1.29, 1.82) is 0 Å². The van der Waals surface area contributed by atoms with Gasteiger partial charge in [0, 0.05) is 3.57 Å². The van der Waals surface area contributed by atoms with E-state index in [9.17, 15) is 4.39 Å². The minimum absolute atomic E-state index is 0.157. The van der Waals surface area contributed by atoms with Crippen LogP contribution in [0.25, 0.3) is 0 Å². The number of hydrogen-bond acceptors (Lipinski definition) is 1. The van der Waals surface area contributed by atoms with E-state index < -0.39 is 0 Å². The summed E-state index contributed by atoms with van der Waals surface area (Å²) in [5.74, 6) is -0.157. The van der Waals surface area contributed by atoms with Gasteiger partial charge in [-0.1, -0.05) is 6.07 Å². The molecule has 0 aliphatic carbocycles. The summed E-state index contributed by atoms with van der Waals surface area (Å²) in [6.45, 7) is 0.779. The second-order valence-corrected chi connectivity index (χ2v) is 3.66. The highest BCUT2D eigenvalue weighted by molar-refractivity contribution is 14.1. The number of epoxide rings is 1. The SMILES string of the molecule is Fc1ccc(C2CO2)cc1I. The summed E-state index contributed by atoms with van der Waals surface area (Å²) in [4.78, 5) is 0. The minimum atomic E-state index is -0.157. The third-order valence-electron chi connectivity index (χ3n) is 1.65. The first kappa shape index (κ1) is 7.49. The molecular weight excluding hydrogens is 258 g/mol. The van der Waals surface area contributed by atoms with Crippen molar-refractivity contribution in [3.05, 3.63) is 33.1 Å². The molecule has 0 spiro atoms. The number of hydrogen-bond donors (Lipinski definition) is 0. The van der Waals surface area contributed by atoms with Crippen LogP contribution in [-0.4, -0.2) is 6.61 Å². The summed E-state index contributed by atoms with van der Waals surface area (Å²) in [5, 5.41) is 0. The molecule has 1 saturated heterocycles. The first-order valence-electron chi connectivity index (χ1n) is 3.34. The summed E-state index contributed by atoms with van der Waals surface area (Å²) in [6, 6.07) is 5.08. The van der Waals surface area contributed by atoms with Crippen LogP contribution in [0.2, 0.25) is 0 Å². The summed E-state index contributed by atoms with van der Waals surface area (Å²) >= 11 is 1.98. The van der Waals surface area contributed by atoms with Gasteiger partial charge in [0.25, 0.3) is 0 Å². The van der Waals surface area contributed by atoms with Gasteiger partial charge in [-0.3, -0.25) is 0 Å². The summed E-state index contributed by atoms with van der Waals surface area (Å²) in [7, 11) is 0. The van der Waals surface area contributed by atoms with Crippen molar-refractivity contribution in [3.8, 4) is 0 Å². The van der Waals surface area contributed by atoms with Crippen molar-refractivity contribution >= 4 is 22.6 Å². The van der Waals surface area contributed by atoms with Crippen LogP contribution in [0, 0.1) is 9.39 Å². The van der Waals surface area contributed by atoms with Gasteiger partial charge >= 0.3 is 0 Å². The van der Waals surface area contributed by atoms with Gasteiger partial charge in [0.1, 0.15) is 11.9 Å². The van der Waals surface area contributed by atoms with E-state index in [1.54, 1.807) is 6.07 Å². The van der Waals surface area contributed by atoms with E-state index in [1.807, 2.05) is 28.7 Å². The monoisotopic (exact) mass is 264 g/mol. The Morgan fingerprint density at radius 3 is 2.82 bits per heavy atom. The molecule has 0 bridgehead atoms. The van der Waals surface area contributed by atoms with Gasteiger partial charge in [-0.25, -0.2) is 4.39 Å². The predicted octanol–water partition coefficient (Wildman–Crippen LogP) is 2.50. The van der Waals surface area contributed by atoms with Crippen molar-refractivity contribution in [3.63, 3.8) is 0 Å². The van der Waals surface area contributed by atoms with Crippen molar-refractivity contribution < 1.29 is 9.13 Å². The molecule has 1 aromatic carbocycles. The van der Waals surface area contributed by atoms with Crippen LogP contribution in [0.4, 0.5) is 4.39 Å². The molecule has 0 amide bonds. The highest BCUT2D eigenvalue weighted by Crippen LogP contribution is 2.30. The Balaban J connectivity index is 2.36. The fourth-order valence-corrected chi connectivity index (χ4v) is 1.49. The Morgan fingerprint density at radius 1 is 1.55 bits per heavy atom. The van der Waals surface area contributed by atoms with Gasteiger partial charge in [0.05, 0.1) is 6.61 Å². The Morgan fingerprint density at radius 2 is 2.27 bits per heavy atom. The maximum absolute atomic E-state index is 12.7. The van der Waals surface area contributed by atoms with E-state index in [-0.39, 0.29) is 11.9 Å². The predicted molar refractivity (Wildman–Crippen MR) is 47.8 cm³/mol. The number of ether oxygens (including phenoxy) is 1. The third-order valence-corrected chi connectivity index (χ3v) is 2.48. The van der Waals surface area contributed by atoms with Crippen LogP contribution in [0.1, 0.15) is 11.7 Å². The van der Waals surface area contributed by atoms with E-state index >= 15 is 0 Å². The second-order valence-electron chi connectivity index (χ2n) is 2.50. The maximum atomic E-state index is 12.7. The Labute approximate surface area is 77.7 Å². The fraction of sp³-hybridized carbons (Fsp3) is 0.250. The first-order chi connectivity index (χ1) is 5.27. The highest BCUT2D eigenvalue weighted by Gasteiger charge is 2.24. The summed E-state index contributed by atoms with van der Waals surface area (Å²) in [6.07, 6.45) is 0.226. The lowest BCUT2D eigenvalue weighted by atomic mass is 10.2. The Hall–Kier alpha value is -0.160. The van der Waals surface area contributed by atoms with Crippen LogP contribution in [-0.2, 0) is 4.74 Å². The van der Waals surface area contributed by atoms with Crippen LogP contribution < -0.4 is 0 Å². The van der Waals surface area contributed by atoms with Gasteiger partial charge in [-0.15, -0.1) is 0 Å². The molecule has 0 N–H and O–H groups in total. The molecule has 1 aliphatic heterocycles. The van der Waals surface area contributed by atoms with Crippen LogP contribution >= 0.6 is 22.6 Å². The molecule has 1 unspecified atom stereocenters. The molecule has 1 heterocycles. The maximum Gasteiger partial charge on any atom is 0.136 e. The lowest BCUT2D eigenvalue weighted by molar-refractivity contribution is 0.415. The number of benzene rings is 1. The molecule has 1 nitrogen and oxygen atoms in total. The van der Waals surface area contributed by atoms with Crippen molar-refractivity contribution in [2.75, 3.05) is 6.61 Å². The number of halogens is 2. The first-order valence-corrected chi connectivity index (χ1v) is 4.42. The zero-order chi connectivity index (χ0) is 7.84. The van der Waals surface area contributed by atoms with Gasteiger partial charge in [-0.2, -0.15) is 0 Å². The van der Waals surface area contributed by atoms with E-state index in [2.05, 4.69) is 0 Å². The summed E-state index contributed by atoms with van der Waals surface area (Å²) < 4.78 is 18.5. The molecule has 1 fully saturated rings. The average molecular weight is 264 g/mol. The van der Waals surface area contributed by atoms with Crippen molar-refractivity contribution in [2.24, 2.45) is 0 Å². The molecule has 0 saturated carbocycles. The third kappa shape index (κ3) is 1.54. The van der Waals surface area contributed by atoms with Gasteiger partial charge in [-0.05, 0) is 40.3 Å². The highest BCUT2D eigenvalue weighted by atomic mass is 127. The van der Waals surface area contributed by atoms with E-state index in [4.69, 9.17) is 4.74 Å². The zero-order valence-electron chi connectivity index (χ0n) is 5.68. The van der Waals surface area contributed by atoms with Gasteiger partial charge in [0.15, 0.2) is 0 Å². The average Bonchev–Trinajstić information content (AvgIpc) is 2.77. The standard InChI is InChI=1S/C8H6FIO/c9-6-2-1-5(3-7(6)10)8-4-11-8/h1-3,8H,4H2. The van der Waals surface area contributed by atoms with Crippen molar-refractivity contribution in [1.82, 2.24) is 0 Å². The normalized spacial score (nSPS) is 21.8. The lowest BCUT2D eigenvalue weighted by Crippen LogP contribution is -1.85. The smallest absolute Gasteiger partial charge is 0.136 e. The van der Waals surface area contributed by atoms with Crippen molar-refractivity contribution in [2.45, 2.75) is 6.10 Å².